The molecule has 3 aromatic rings. The number of carbonyl (C=O) groups is 1. The van der Waals surface area contributed by atoms with Gasteiger partial charge in [0.2, 0.25) is 5.78 Å². The van der Waals surface area contributed by atoms with Crippen molar-refractivity contribution >= 4 is 16.6 Å². The van der Waals surface area contributed by atoms with E-state index in [1.54, 1.807) is 18.5 Å². The number of carbonyl (C=O) groups excluding carboxylic acids is 1. The van der Waals surface area contributed by atoms with Crippen molar-refractivity contribution < 1.29 is 4.79 Å². The Morgan fingerprint density at radius 3 is 2.94 bits per heavy atom. The highest BCUT2D eigenvalue weighted by Gasteiger charge is 2.14. The van der Waals surface area contributed by atoms with Gasteiger partial charge in [-0.05, 0) is 11.5 Å². The van der Waals surface area contributed by atoms with Gasteiger partial charge in [0, 0.05) is 23.3 Å². The highest BCUT2D eigenvalue weighted by atomic mass is 16.1. The number of pyridine rings is 1. The van der Waals surface area contributed by atoms with E-state index >= 15 is 0 Å². The lowest BCUT2D eigenvalue weighted by atomic mass is 10.0. The zero-order valence-corrected chi connectivity index (χ0v) is 8.79. The molecule has 0 saturated carbocycles. The van der Waals surface area contributed by atoms with Crippen LogP contribution in [0.1, 0.15) is 16.1 Å². The van der Waals surface area contributed by atoms with E-state index in [0.717, 1.165) is 10.8 Å². The van der Waals surface area contributed by atoms with E-state index in [-0.39, 0.29) is 5.78 Å². The van der Waals surface area contributed by atoms with Crippen molar-refractivity contribution in [3.63, 3.8) is 0 Å². The summed E-state index contributed by atoms with van der Waals surface area (Å²) in [5.74, 6) is -0.143. The molecular formula is C12H8N4O. The summed E-state index contributed by atoms with van der Waals surface area (Å²) in [6.07, 6.45) is 4.82. The number of H-pyrrole nitrogens is 1. The van der Waals surface area contributed by atoms with Gasteiger partial charge in [0.15, 0.2) is 5.69 Å². The van der Waals surface area contributed by atoms with E-state index in [0.29, 0.717) is 11.3 Å². The molecule has 0 amide bonds. The molecule has 2 aromatic heterocycles. The number of ketones is 1. The number of hydrogen-bond donors (Lipinski definition) is 1. The summed E-state index contributed by atoms with van der Waals surface area (Å²) in [5.41, 5.74) is 0.924. The quantitative estimate of drug-likeness (QED) is 0.671. The van der Waals surface area contributed by atoms with Crippen molar-refractivity contribution in [3.05, 3.63) is 54.1 Å². The van der Waals surface area contributed by atoms with Crippen molar-refractivity contribution in [2.75, 3.05) is 0 Å². The fraction of sp³-hybridized carbons (Fsp3) is 0. The van der Waals surface area contributed by atoms with Gasteiger partial charge in [-0.15, -0.1) is 0 Å². The van der Waals surface area contributed by atoms with E-state index in [2.05, 4.69) is 20.4 Å². The van der Waals surface area contributed by atoms with E-state index in [9.17, 15) is 4.79 Å². The van der Waals surface area contributed by atoms with Gasteiger partial charge in [0.1, 0.15) is 0 Å². The first-order valence-corrected chi connectivity index (χ1v) is 5.09. The lowest BCUT2D eigenvalue weighted by molar-refractivity contribution is 0.103. The van der Waals surface area contributed by atoms with Gasteiger partial charge in [-0.25, -0.2) is 0 Å². The molecule has 2 heterocycles. The maximum Gasteiger partial charge on any atom is 0.215 e. The molecule has 0 fully saturated rings. The van der Waals surface area contributed by atoms with Crippen molar-refractivity contribution in [3.8, 4) is 0 Å². The molecule has 0 radical (unpaired) electrons. The predicted octanol–water partition coefficient (Wildman–Crippen LogP) is 1.58. The standard InChI is InChI=1S/C12H8N4O/c17-12(11-7-14-16-15-11)10-3-1-2-8-6-13-5-4-9(8)10/h1-7H,(H,14,15,16). The van der Waals surface area contributed by atoms with Crippen LogP contribution in [0.15, 0.2) is 42.9 Å². The number of hydrogen-bond acceptors (Lipinski definition) is 4. The largest absolute Gasteiger partial charge is 0.287 e. The van der Waals surface area contributed by atoms with Gasteiger partial charge in [-0.1, -0.05) is 18.2 Å². The van der Waals surface area contributed by atoms with Crippen LogP contribution in [-0.2, 0) is 0 Å². The van der Waals surface area contributed by atoms with Crippen LogP contribution in [0.4, 0.5) is 0 Å². The zero-order valence-electron chi connectivity index (χ0n) is 8.79. The van der Waals surface area contributed by atoms with Crippen molar-refractivity contribution in [1.82, 2.24) is 20.4 Å². The first kappa shape index (κ1) is 9.65. The fourth-order valence-corrected chi connectivity index (χ4v) is 1.77. The monoisotopic (exact) mass is 224 g/mol. The minimum Gasteiger partial charge on any atom is -0.287 e. The molecule has 0 atom stereocenters. The second kappa shape index (κ2) is 3.79. The molecular weight excluding hydrogens is 216 g/mol. The first-order chi connectivity index (χ1) is 8.36. The van der Waals surface area contributed by atoms with Crippen LogP contribution >= 0.6 is 0 Å². The Morgan fingerprint density at radius 2 is 2.12 bits per heavy atom. The van der Waals surface area contributed by atoms with E-state index in [4.69, 9.17) is 0 Å². The Hall–Kier alpha value is -2.56. The maximum absolute atomic E-state index is 12.2. The summed E-state index contributed by atoms with van der Waals surface area (Å²) in [6, 6.07) is 7.35. The SMILES string of the molecule is O=C(c1cn[nH]n1)c1cccc2cnccc12. The Morgan fingerprint density at radius 1 is 1.18 bits per heavy atom. The van der Waals surface area contributed by atoms with Crippen LogP contribution in [0.5, 0.6) is 0 Å². The number of nitrogens with one attached hydrogen (secondary N) is 1. The molecule has 0 unspecified atom stereocenters. The lowest BCUT2D eigenvalue weighted by Crippen LogP contribution is -2.02. The summed E-state index contributed by atoms with van der Waals surface area (Å²) in [6.45, 7) is 0. The highest BCUT2D eigenvalue weighted by Crippen LogP contribution is 2.19. The van der Waals surface area contributed by atoms with Gasteiger partial charge >= 0.3 is 0 Å². The average molecular weight is 224 g/mol. The number of benzene rings is 1. The number of nitrogens with zero attached hydrogens (tertiary/aromatic N) is 3. The number of rotatable bonds is 2. The van der Waals surface area contributed by atoms with Crippen LogP contribution in [0.25, 0.3) is 10.8 Å². The van der Waals surface area contributed by atoms with Crippen molar-refractivity contribution in [2.45, 2.75) is 0 Å². The molecule has 0 saturated heterocycles. The van der Waals surface area contributed by atoms with Gasteiger partial charge < -0.3 is 0 Å². The van der Waals surface area contributed by atoms with E-state index in [1.807, 2.05) is 18.2 Å². The number of aromatic nitrogens is 4. The molecule has 1 N–H and O–H groups in total. The lowest BCUT2D eigenvalue weighted by Gasteiger charge is -2.02. The smallest absolute Gasteiger partial charge is 0.215 e. The summed E-state index contributed by atoms with van der Waals surface area (Å²) >= 11 is 0. The maximum atomic E-state index is 12.2. The third-order valence-electron chi connectivity index (χ3n) is 2.57. The van der Waals surface area contributed by atoms with Crippen molar-refractivity contribution in [2.24, 2.45) is 0 Å². The second-order valence-electron chi connectivity index (χ2n) is 3.59. The fourth-order valence-electron chi connectivity index (χ4n) is 1.77. The van der Waals surface area contributed by atoms with Crippen LogP contribution in [-0.4, -0.2) is 26.2 Å². The Balaban J connectivity index is 2.21. The third-order valence-corrected chi connectivity index (χ3v) is 2.57. The van der Waals surface area contributed by atoms with E-state index < -0.39 is 0 Å². The summed E-state index contributed by atoms with van der Waals surface area (Å²) < 4.78 is 0. The zero-order chi connectivity index (χ0) is 11.7. The molecule has 17 heavy (non-hydrogen) atoms. The number of fused-ring (bicyclic) bond motifs is 1. The predicted molar refractivity (Wildman–Crippen MR) is 61.6 cm³/mol. The highest BCUT2D eigenvalue weighted by molar-refractivity contribution is 6.15. The van der Waals surface area contributed by atoms with Crippen LogP contribution < -0.4 is 0 Å². The van der Waals surface area contributed by atoms with Crippen molar-refractivity contribution in [1.29, 1.82) is 0 Å². The van der Waals surface area contributed by atoms with Gasteiger partial charge in [0.25, 0.3) is 0 Å². The molecule has 0 aliphatic carbocycles. The van der Waals surface area contributed by atoms with Crippen LogP contribution in [0, 0.1) is 0 Å². The minimum absolute atomic E-state index is 0.143. The summed E-state index contributed by atoms with van der Waals surface area (Å²) in [4.78, 5) is 16.2. The minimum atomic E-state index is -0.143. The van der Waals surface area contributed by atoms with Crippen LogP contribution in [0.3, 0.4) is 0 Å². The molecule has 0 aliphatic heterocycles. The molecule has 5 heteroatoms. The molecule has 82 valence electrons. The van der Waals surface area contributed by atoms with Gasteiger partial charge in [-0.3, -0.25) is 9.78 Å². The Bertz CT molecular complexity index is 671. The summed E-state index contributed by atoms with van der Waals surface area (Å²) in [7, 11) is 0. The van der Waals surface area contributed by atoms with Crippen LogP contribution in [0.2, 0.25) is 0 Å². The molecule has 3 rings (SSSR count). The normalized spacial score (nSPS) is 10.6. The molecule has 0 bridgehead atoms. The third kappa shape index (κ3) is 1.57. The van der Waals surface area contributed by atoms with Gasteiger partial charge in [0.05, 0.1) is 6.20 Å². The first-order valence-electron chi connectivity index (χ1n) is 5.09. The van der Waals surface area contributed by atoms with E-state index in [1.165, 1.54) is 6.20 Å². The second-order valence-corrected chi connectivity index (χ2v) is 3.59. The topological polar surface area (TPSA) is 71.5 Å². The molecule has 1 aromatic carbocycles. The molecule has 0 aliphatic rings. The van der Waals surface area contributed by atoms with Gasteiger partial charge in [-0.2, -0.15) is 15.4 Å². The summed E-state index contributed by atoms with van der Waals surface area (Å²) in [5, 5.41) is 11.7. The number of aromatic amines is 1. The molecule has 0 spiro atoms. The Kier molecular flexibility index (Phi) is 2.15. The molecule has 5 nitrogen and oxygen atoms in total. The Labute approximate surface area is 96.5 Å². The average Bonchev–Trinajstić information content (AvgIpc) is 2.91.